The molecule has 1 nitrogen and oxygen atoms in total. The van der Waals surface area contributed by atoms with E-state index in [1.165, 1.54) is 0 Å². The molecule has 0 aromatic heterocycles. The molecule has 0 fully saturated rings. The molecule has 0 heterocycles. The molecule has 0 radical (unpaired) electrons. The largest absolute Gasteiger partial charge is 0.389 e. The zero-order valence-corrected chi connectivity index (χ0v) is 3.03. The third kappa shape index (κ3) is 2.32. The Kier molecular flexibility index (Phi) is 3.59. The van der Waals surface area contributed by atoms with Gasteiger partial charge in [0, 0.05) is 0 Å². The summed E-state index contributed by atoms with van der Waals surface area (Å²) in [4.78, 5) is 0. The minimum absolute atomic E-state index is 0.319. The predicted octanol–water partition coefficient (Wildman–Crippen LogP) is 0.499. The summed E-state index contributed by atoms with van der Waals surface area (Å²) in [5.41, 5.74) is 0. The summed E-state index contributed by atoms with van der Waals surface area (Å²) in [6.45, 7) is 0. The summed E-state index contributed by atoms with van der Waals surface area (Å²) >= 11 is 0. The Morgan fingerprint density at radius 1 is 2.00 bits per heavy atom. The normalized spacial score (nSPS) is 10.5. The van der Waals surface area contributed by atoms with Gasteiger partial charge < -0.3 is 5.11 Å². The molecule has 1 N–H and O–H groups in total. The first-order valence-electron chi connectivity index (χ1n) is 0.859. The van der Waals surface area contributed by atoms with Crippen LogP contribution in [0.25, 0.3) is 0 Å². The van der Waals surface area contributed by atoms with Crippen molar-refractivity contribution >= 4 is 8.89 Å². The lowest BCUT2D eigenvalue weighted by molar-refractivity contribution is 0.368. The minimum atomic E-state index is -0.804. The molecule has 0 amide bonds. The maximum absolute atomic E-state index is 10.5. The van der Waals surface area contributed by atoms with Gasteiger partial charge >= 0.3 is 0 Å². The van der Waals surface area contributed by atoms with Crippen LogP contribution in [0.5, 0.6) is 0 Å². The molecule has 0 spiro atoms. The number of hydrogen-bond acceptors (Lipinski definition) is 1. The van der Waals surface area contributed by atoms with Gasteiger partial charge in [-0.2, -0.15) is 0 Å². The zero-order chi connectivity index (χ0) is 3.41. The average Bonchev–Trinajstić information content (AvgIpc) is 1.37. The molecule has 26 valence electrons. The van der Waals surface area contributed by atoms with E-state index in [1.54, 1.807) is 0 Å². The molecule has 0 aromatic rings. The third-order valence-corrected chi connectivity index (χ3v) is 0.179. The van der Waals surface area contributed by atoms with Crippen molar-refractivity contribution < 1.29 is 9.30 Å². The van der Waals surface area contributed by atoms with E-state index in [0.717, 1.165) is 0 Å². The second kappa shape index (κ2) is 3.32. The molecule has 0 aliphatic rings. The standard InChI is InChI=1S/CH4FOP/c2-4-1-3/h3-4H,1H2. The quantitative estimate of drug-likeness (QED) is 0.456. The van der Waals surface area contributed by atoms with Crippen LogP contribution in [-0.4, -0.2) is 11.5 Å². The summed E-state index contributed by atoms with van der Waals surface area (Å²) in [6, 6.07) is 0. The van der Waals surface area contributed by atoms with E-state index in [9.17, 15) is 4.20 Å². The molecule has 0 aliphatic carbocycles. The van der Waals surface area contributed by atoms with Crippen molar-refractivity contribution in [2.75, 3.05) is 6.35 Å². The highest BCUT2D eigenvalue weighted by atomic mass is 31.1. The van der Waals surface area contributed by atoms with Crippen LogP contribution in [0, 0.1) is 0 Å². The monoisotopic (exact) mass is 82.0 g/mol. The van der Waals surface area contributed by atoms with Crippen LogP contribution in [0.4, 0.5) is 4.20 Å². The lowest BCUT2D eigenvalue weighted by atomic mass is 11.7. The zero-order valence-electron chi connectivity index (χ0n) is 2.03. The van der Waals surface area contributed by atoms with Crippen LogP contribution in [0.3, 0.4) is 0 Å². The fourth-order valence-corrected chi connectivity index (χ4v) is 0. The number of rotatable bonds is 1. The highest BCUT2D eigenvalue weighted by Gasteiger charge is 1.61. The summed E-state index contributed by atoms with van der Waals surface area (Å²) < 4.78 is 10.5. The Bertz CT molecular complexity index is 10.0. The van der Waals surface area contributed by atoms with Gasteiger partial charge in [-0.25, -0.2) is 4.20 Å². The van der Waals surface area contributed by atoms with E-state index in [4.69, 9.17) is 5.11 Å². The van der Waals surface area contributed by atoms with Crippen LogP contribution in [0.15, 0.2) is 0 Å². The molecule has 0 aromatic carbocycles. The summed E-state index contributed by atoms with van der Waals surface area (Å²) in [5.74, 6) is 0. The van der Waals surface area contributed by atoms with Gasteiger partial charge in [0.1, 0.15) is 0 Å². The van der Waals surface area contributed by atoms with Crippen LogP contribution >= 0.6 is 8.89 Å². The van der Waals surface area contributed by atoms with Crippen LogP contribution < -0.4 is 0 Å². The second-order valence-corrected chi connectivity index (χ2v) is 0.875. The van der Waals surface area contributed by atoms with Crippen molar-refractivity contribution in [1.82, 2.24) is 0 Å². The van der Waals surface area contributed by atoms with Crippen molar-refractivity contribution in [2.24, 2.45) is 0 Å². The fraction of sp³-hybridized carbons (Fsp3) is 1.00. The molecule has 0 saturated heterocycles. The molecular formula is CH4FOP. The molecule has 3 heteroatoms. The Morgan fingerprint density at radius 2 is 2.25 bits per heavy atom. The first-order valence-corrected chi connectivity index (χ1v) is 1.94. The topological polar surface area (TPSA) is 20.2 Å². The van der Waals surface area contributed by atoms with Crippen LogP contribution in [-0.2, 0) is 0 Å². The summed E-state index contributed by atoms with van der Waals surface area (Å²) in [5, 5.41) is 7.51. The van der Waals surface area contributed by atoms with Gasteiger partial charge in [-0.05, 0) is 0 Å². The van der Waals surface area contributed by atoms with Gasteiger partial charge in [-0.3, -0.25) is 0 Å². The van der Waals surface area contributed by atoms with Crippen LogP contribution in [0.2, 0.25) is 0 Å². The van der Waals surface area contributed by atoms with E-state index in [2.05, 4.69) is 0 Å². The van der Waals surface area contributed by atoms with Gasteiger partial charge in [0.15, 0.2) is 0 Å². The van der Waals surface area contributed by atoms with E-state index in [1.807, 2.05) is 0 Å². The van der Waals surface area contributed by atoms with Crippen molar-refractivity contribution in [2.45, 2.75) is 0 Å². The molecular weight excluding hydrogens is 78.0 g/mol. The molecule has 1 atom stereocenters. The molecule has 0 bridgehead atoms. The number of halogens is 1. The van der Waals surface area contributed by atoms with Gasteiger partial charge in [0.25, 0.3) is 0 Å². The van der Waals surface area contributed by atoms with Gasteiger partial charge in [-0.15, -0.1) is 0 Å². The average molecular weight is 82.0 g/mol. The lowest BCUT2D eigenvalue weighted by Crippen LogP contribution is -1.54. The Hall–Kier alpha value is 0.320. The SMILES string of the molecule is OCPF. The van der Waals surface area contributed by atoms with Crippen molar-refractivity contribution in [3.05, 3.63) is 0 Å². The second-order valence-electron chi connectivity index (χ2n) is 0.292. The van der Waals surface area contributed by atoms with Crippen molar-refractivity contribution in [1.29, 1.82) is 0 Å². The molecule has 0 aliphatic heterocycles. The number of aliphatic hydroxyl groups excluding tert-OH is 1. The van der Waals surface area contributed by atoms with Gasteiger partial charge in [0.2, 0.25) is 0 Å². The first-order chi connectivity index (χ1) is 1.91. The maximum Gasteiger partial charge on any atom is 0.0932 e. The lowest BCUT2D eigenvalue weighted by Gasteiger charge is -1.65. The Labute approximate surface area is 25.7 Å². The van der Waals surface area contributed by atoms with E-state index in [-0.39, 0.29) is 6.35 Å². The van der Waals surface area contributed by atoms with E-state index < -0.39 is 8.89 Å². The minimum Gasteiger partial charge on any atom is -0.389 e. The summed E-state index contributed by atoms with van der Waals surface area (Å²) in [6.07, 6.45) is -0.319. The highest BCUT2D eigenvalue weighted by Crippen LogP contribution is 2.03. The first kappa shape index (κ1) is 4.32. The third-order valence-electron chi connectivity index (χ3n) is 0.0598. The Morgan fingerprint density at radius 3 is 2.25 bits per heavy atom. The fourth-order valence-electron chi connectivity index (χ4n) is 0. The van der Waals surface area contributed by atoms with Crippen molar-refractivity contribution in [3.63, 3.8) is 0 Å². The molecule has 0 rings (SSSR count). The maximum atomic E-state index is 10.5. The van der Waals surface area contributed by atoms with Crippen molar-refractivity contribution in [3.8, 4) is 0 Å². The highest BCUT2D eigenvalue weighted by molar-refractivity contribution is 7.31. The number of hydrogen-bond donors (Lipinski definition) is 1. The molecule has 4 heavy (non-hydrogen) atoms. The number of aliphatic hydroxyl groups is 1. The van der Waals surface area contributed by atoms with Gasteiger partial charge in [-0.1, -0.05) is 0 Å². The van der Waals surface area contributed by atoms with Crippen LogP contribution in [0.1, 0.15) is 0 Å². The smallest absolute Gasteiger partial charge is 0.0932 e. The summed E-state index contributed by atoms with van der Waals surface area (Å²) in [7, 11) is -0.804. The van der Waals surface area contributed by atoms with Gasteiger partial charge in [0.05, 0.1) is 15.2 Å². The molecule has 0 saturated carbocycles. The molecule has 1 unspecified atom stereocenters. The van der Waals surface area contributed by atoms with E-state index in [0.29, 0.717) is 0 Å². The predicted molar refractivity (Wildman–Crippen MR) is 16.5 cm³/mol. The Balaban J connectivity index is 1.97. The van der Waals surface area contributed by atoms with E-state index >= 15 is 0 Å².